The molecule has 1 aliphatic heterocycles. The second-order valence-corrected chi connectivity index (χ2v) is 3.65. The Morgan fingerprint density at radius 2 is 2.12 bits per heavy atom. The van der Waals surface area contributed by atoms with Gasteiger partial charge in [0, 0.05) is 6.54 Å². The highest BCUT2D eigenvalue weighted by Gasteiger charge is 2.31. The van der Waals surface area contributed by atoms with Gasteiger partial charge in [-0.3, -0.25) is 9.59 Å². The van der Waals surface area contributed by atoms with E-state index in [1.165, 1.54) is 11.8 Å². The monoisotopic (exact) mass is 254 g/mol. The molecule has 0 aromatic rings. The lowest BCUT2D eigenvalue weighted by Gasteiger charge is -2.32. The van der Waals surface area contributed by atoms with Crippen molar-refractivity contribution in [1.82, 2.24) is 10.2 Å². The number of rotatable bonds is 4. The van der Waals surface area contributed by atoms with Crippen LogP contribution in [0.25, 0.3) is 0 Å². The number of alkyl halides is 3. The molecule has 0 saturated carbocycles. The molecule has 98 valence electrons. The van der Waals surface area contributed by atoms with Crippen molar-refractivity contribution < 1.29 is 27.5 Å². The smallest absolute Gasteiger partial charge is 0.370 e. The first kappa shape index (κ1) is 13.8. The van der Waals surface area contributed by atoms with Gasteiger partial charge in [-0.2, -0.15) is 13.2 Å². The molecule has 1 unspecified atom stereocenters. The molecule has 8 heteroatoms. The highest BCUT2D eigenvalue weighted by molar-refractivity contribution is 5.94. The Bertz CT molecular complexity index is 306. The molecule has 0 radical (unpaired) electrons. The molecule has 5 nitrogen and oxygen atoms in total. The average Bonchev–Trinajstić information content (AvgIpc) is 2.21. The predicted octanol–water partition coefficient (Wildman–Crippen LogP) is -0.0878. The van der Waals surface area contributed by atoms with Gasteiger partial charge < -0.3 is 15.0 Å². The summed E-state index contributed by atoms with van der Waals surface area (Å²) in [7, 11) is 0. The van der Waals surface area contributed by atoms with Crippen LogP contribution in [-0.2, 0) is 14.3 Å². The number of hydrogen-bond donors (Lipinski definition) is 1. The summed E-state index contributed by atoms with van der Waals surface area (Å²) >= 11 is 0. The summed E-state index contributed by atoms with van der Waals surface area (Å²) in [5, 5.41) is 2.38. The number of carbonyl (C=O) groups is 2. The predicted molar refractivity (Wildman–Crippen MR) is 51.1 cm³/mol. The van der Waals surface area contributed by atoms with Gasteiger partial charge >= 0.3 is 6.18 Å². The fourth-order valence-electron chi connectivity index (χ4n) is 1.44. The molecule has 1 rings (SSSR count). The van der Waals surface area contributed by atoms with E-state index in [4.69, 9.17) is 0 Å². The lowest BCUT2D eigenvalue weighted by molar-refractivity contribution is -0.175. The van der Waals surface area contributed by atoms with E-state index in [-0.39, 0.29) is 31.5 Å². The fourth-order valence-corrected chi connectivity index (χ4v) is 1.44. The number of ether oxygens (including phenoxy) is 1. The second-order valence-electron chi connectivity index (χ2n) is 3.65. The Morgan fingerprint density at radius 3 is 2.71 bits per heavy atom. The number of hydrogen-bond acceptors (Lipinski definition) is 3. The molecule has 1 heterocycles. The van der Waals surface area contributed by atoms with E-state index >= 15 is 0 Å². The Kier molecular flexibility index (Phi) is 4.33. The van der Waals surface area contributed by atoms with E-state index in [0.29, 0.717) is 0 Å². The van der Waals surface area contributed by atoms with Gasteiger partial charge in [-0.15, -0.1) is 0 Å². The molecule has 17 heavy (non-hydrogen) atoms. The van der Waals surface area contributed by atoms with Crippen molar-refractivity contribution in [3.8, 4) is 0 Å². The molecule has 1 N–H and O–H groups in total. The van der Waals surface area contributed by atoms with Crippen LogP contribution in [0, 0.1) is 0 Å². The molecule has 2 amide bonds. The van der Waals surface area contributed by atoms with Crippen molar-refractivity contribution in [2.75, 3.05) is 26.3 Å². The van der Waals surface area contributed by atoms with Gasteiger partial charge in [-0.25, -0.2) is 0 Å². The Labute approximate surface area is 95.9 Å². The van der Waals surface area contributed by atoms with Crippen LogP contribution in [0.1, 0.15) is 6.92 Å². The number of halogens is 3. The zero-order valence-corrected chi connectivity index (χ0v) is 9.21. The highest BCUT2D eigenvalue weighted by atomic mass is 19.4. The van der Waals surface area contributed by atoms with Gasteiger partial charge in [0.1, 0.15) is 12.6 Å². The lowest BCUT2D eigenvalue weighted by atomic mass is 10.2. The first-order chi connectivity index (χ1) is 7.81. The fraction of sp³-hybridized carbons (Fsp3) is 0.778. The van der Waals surface area contributed by atoms with Crippen LogP contribution in [0.15, 0.2) is 0 Å². The third-order valence-electron chi connectivity index (χ3n) is 2.32. The molecule has 0 spiro atoms. The summed E-state index contributed by atoms with van der Waals surface area (Å²) in [5.74, 6) is -0.645. The Hall–Kier alpha value is -1.31. The van der Waals surface area contributed by atoms with Gasteiger partial charge in [-0.1, -0.05) is 0 Å². The van der Waals surface area contributed by atoms with Crippen LogP contribution in [0.3, 0.4) is 0 Å². The molecule has 1 aliphatic rings. The van der Waals surface area contributed by atoms with E-state index in [9.17, 15) is 22.8 Å². The van der Waals surface area contributed by atoms with Crippen LogP contribution in [-0.4, -0.2) is 55.2 Å². The van der Waals surface area contributed by atoms with Gasteiger partial charge in [0.2, 0.25) is 11.8 Å². The van der Waals surface area contributed by atoms with Crippen molar-refractivity contribution in [3.63, 3.8) is 0 Å². The summed E-state index contributed by atoms with van der Waals surface area (Å²) < 4.78 is 39.7. The zero-order chi connectivity index (χ0) is 13.1. The SMILES string of the molecule is CC1C(=O)NCC(=O)N1CCOCC(F)(F)F. The van der Waals surface area contributed by atoms with E-state index < -0.39 is 18.8 Å². The molecule has 0 bridgehead atoms. The van der Waals surface area contributed by atoms with Crippen LogP contribution >= 0.6 is 0 Å². The molecule has 0 aromatic carbocycles. The van der Waals surface area contributed by atoms with Crippen molar-refractivity contribution >= 4 is 11.8 Å². The number of carbonyl (C=O) groups excluding carboxylic acids is 2. The third kappa shape index (κ3) is 4.22. The topological polar surface area (TPSA) is 58.6 Å². The maximum absolute atomic E-state index is 11.8. The highest BCUT2D eigenvalue weighted by Crippen LogP contribution is 2.14. The molecule has 0 aromatic heterocycles. The minimum Gasteiger partial charge on any atom is -0.370 e. The summed E-state index contributed by atoms with van der Waals surface area (Å²) in [4.78, 5) is 23.8. The minimum atomic E-state index is -4.38. The first-order valence-corrected chi connectivity index (χ1v) is 5.03. The average molecular weight is 254 g/mol. The van der Waals surface area contributed by atoms with Crippen molar-refractivity contribution in [2.24, 2.45) is 0 Å². The Balaban J connectivity index is 2.34. The van der Waals surface area contributed by atoms with Crippen molar-refractivity contribution in [3.05, 3.63) is 0 Å². The first-order valence-electron chi connectivity index (χ1n) is 5.03. The molecular weight excluding hydrogens is 241 g/mol. The van der Waals surface area contributed by atoms with E-state index in [0.717, 1.165) is 0 Å². The largest absolute Gasteiger partial charge is 0.411 e. The van der Waals surface area contributed by atoms with Crippen LogP contribution < -0.4 is 5.32 Å². The maximum atomic E-state index is 11.8. The summed E-state index contributed by atoms with van der Waals surface area (Å²) in [6, 6.07) is -0.675. The summed E-state index contributed by atoms with van der Waals surface area (Å²) in [6.45, 7) is -0.236. The third-order valence-corrected chi connectivity index (χ3v) is 2.32. The molecule has 1 fully saturated rings. The van der Waals surface area contributed by atoms with Crippen LogP contribution in [0.4, 0.5) is 13.2 Å². The standard InChI is InChI=1S/C9H13F3N2O3/c1-6-8(16)13-4-7(15)14(6)2-3-17-5-9(10,11)12/h6H,2-5H2,1H3,(H,13,16). The molecular formula is C9H13F3N2O3. The normalized spacial score (nSPS) is 21.6. The van der Waals surface area contributed by atoms with E-state index in [2.05, 4.69) is 10.1 Å². The van der Waals surface area contributed by atoms with Gasteiger partial charge in [0.15, 0.2) is 0 Å². The Morgan fingerprint density at radius 1 is 1.47 bits per heavy atom. The van der Waals surface area contributed by atoms with Gasteiger partial charge in [0.05, 0.1) is 13.2 Å². The van der Waals surface area contributed by atoms with Gasteiger partial charge in [-0.05, 0) is 6.92 Å². The van der Waals surface area contributed by atoms with Crippen LogP contribution in [0.2, 0.25) is 0 Å². The van der Waals surface area contributed by atoms with Crippen molar-refractivity contribution in [1.29, 1.82) is 0 Å². The van der Waals surface area contributed by atoms with Crippen molar-refractivity contribution in [2.45, 2.75) is 19.1 Å². The quantitative estimate of drug-likeness (QED) is 0.713. The molecule has 1 saturated heterocycles. The van der Waals surface area contributed by atoms with E-state index in [1.807, 2.05) is 0 Å². The van der Waals surface area contributed by atoms with Gasteiger partial charge in [0.25, 0.3) is 0 Å². The number of amides is 2. The maximum Gasteiger partial charge on any atom is 0.411 e. The van der Waals surface area contributed by atoms with E-state index in [1.54, 1.807) is 0 Å². The zero-order valence-electron chi connectivity index (χ0n) is 9.21. The summed E-state index contributed by atoms with van der Waals surface area (Å²) in [6.07, 6.45) is -4.38. The number of piperazine rings is 1. The number of nitrogens with one attached hydrogen (secondary N) is 1. The summed E-state index contributed by atoms with van der Waals surface area (Å²) in [5.41, 5.74) is 0. The minimum absolute atomic E-state index is 0.0243. The number of nitrogens with zero attached hydrogens (tertiary/aromatic N) is 1. The molecule has 0 aliphatic carbocycles. The molecule has 1 atom stereocenters. The lowest BCUT2D eigenvalue weighted by Crippen LogP contribution is -2.57. The van der Waals surface area contributed by atoms with Crippen LogP contribution in [0.5, 0.6) is 0 Å². The second kappa shape index (κ2) is 5.35.